The number of esters is 2. The molecule has 1 amide bonds. The van der Waals surface area contributed by atoms with E-state index in [1.807, 2.05) is 0 Å². The van der Waals surface area contributed by atoms with E-state index >= 15 is 0 Å². The number of benzene rings is 1. The van der Waals surface area contributed by atoms with Crippen LogP contribution in [0.2, 0.25) is 0 Å². The molecule has 1 fully saturated rings. The van der Waals surface area contributed by atoms with Gasteiger partial charge >= 0.3 is 24.0 Å². The highest BCUT2D eigenvalue weighted by atomic mass is 19.4. The highest BCUT2D eigenvalue weighted by Crippen LogP contribution is 2.44. The van der Waals surface area contributed by atoms with E-state index < -0.39 is 18.1 Å². The molecule has 2 heterocycles. The number of hydrogen-bond acceptors (Lipinski definition) is 8. The zero-order valence-corrected chi connectivity index (χ0v) is 22.1. The number of amides is 1. The molecule has 38 heavy (non-hydrogen) atoms. The number of allylic oxidation sites excluding steroid dienone is 2. The lowest BCUT2D eigenvalue weighted by Gasteiger charge is -2.28. The maximum Gasteiger partial charge on any atom is 0.471 e. The van der Waals surface area contributed by atoms with Crippen molar-refractivity contribution < 1.29 is 41.8 Å². The van der Waals surface area contributed by atoms with Crippen molar-refractivity contribution in [2.24, 2.45) is 0 Å². The van der Waals surface area contributed by atoms with Gasteiger partial charge in [0, 0.05) is 50.4 Å². The molecular formula is C26H34F3N3O6. The number of carbonyl (C=O) groups excluding carboxylic acids is 3. The molecule has 1 N–H and O–H groups in total. The monoisotopic (exact) mass is 541 g/mol. The molecule has 0 unspecified atom stereocenters. The fourth-order valence-corrected chi connectivity index (χ4v) is 4.66. The Balaban J connectivity index is 1.83. The maximum absolute atomic E-state index is 13.5. The highest BCUT2D eigenvalue weighted by Gasteiger charge is 2.45. The lowest BCUT2D eigenvalue weighted by molar-refractivity contribution is -0.170. The molecule has 0 aromatic heterocycles. The van der Waals surface area contributed by atoms with E-state index in [2.05, 4.69) is 10.2 Å². The standard InChI is InChI=1S/C26H34F3N3O6/c1-5-32(25(35)26(27,28)29)22-18(23(36-4)17(3)19-14-38-24(34)21(19)22)8-6-16(2)7-9-20(33)37-13-12-31-11-10-30-15-31/h6,30H,5,7-15H2,1-4H3. The Labute approximate surface area is 219 Å². The molecule has 12 heteroatoms. The first-order valence-corrected chi connectivity index (χ1v) is 12.5. The Hall–Kier alpha value is -3.12. The predicted octanol–water partition coefficient (Wildman–Crippen LogP) is 3.26. The van der Waals surface area contributed by atoms with E-state index in [1.54, 1.807) is 19.9 Å². The summed E-state index contributed by atoms with van der Waals surface area (Å²) in [7, 11) is 1.38. The smallest absolute Gasteiger partial charge is 0.471 e. The molecule has 1 saturated heterocycles. The number of carbonyl (C=O) groups is 3. The van der Waals surface area contributed by atoms with Crippen molar-refractivity contribution in [3.8, 4) is 5.75 Å². The second-order valence-electron chi connectivity index (χ2n) is 9.21. The number of fused-ring (bicyclic) bond motifs is 1. The Morgan fingerprint density at radius 1 is 1.26 bits per heavy atom. The highest BCUT2D eigenvalue weighted by molar-refractivity contribution is 6.08. The van der Waals surface area contributed by atoms with Gasteiger partial charge in [0.1, 0.15) is 19.0 Å². The fraction of sp³-hybridized carbons (Fsp3) is 0.577. The number of alkyl halides is 3. The van der Waals surface area contributed by atoms with Crippen LogP contribution in [-0.4, -0.2) is 75.5 Å². The quantitative estimate of drug-likeness (QED) is 0.337. The van der Waals surface area contributed by atoms with Crippen LogP contribution in [0.15, 0.2) is 11.6 Å². The molecular weight excluding hydrogens is 507 g/mol. The van der Waals surface area contributed by atoms with Gasteiger partial charge in [-0.25, -0.2) is 4.79 Å². The van der Waals surface area contributed by atoms with E-state index in [9.17, 15) is 27.6 Å². The van der Waals surface area contributed by atoms with Crippen LogP contribution < -0.4 is 15.0 Å². The summed E-state index contributed by atoms with van der Waals surface area (Å²) in [5.41, 5.74) is 1.81. The van der Waals surface area contributed by atoms with E-state index in [0.717, 1.165) is 25.3 Å². The predicted molar refractivity (Wildman–Crippen MR) is 133 cm³/mol. The minimum Gasteiger partial charge on any atom is -0.496 e. The average Bonchev–Trinajstić information content (AvgIpc) is 3.52. The van der Waals surface area contributed by atoms with Crippen molar-refractivity contribution >= 4 is 23.5 Å². The van der Waals surface area contributed by atoms with Crippen molar-refractivity contribution in [1.29, 1.82) is 0 Å². The van der Waals surface area contributed by atoms with E-state index in [0.29, 0.717) is 35.6 Å². The first-order chi connectivity index (χ1) is 18.0. The van der Waals surface area contributed by atoms with Gasteiger partial charge in [-0.05, 0) is 39.2 Å². The lowest BCUT2D eigenvalue weighted by atomic mass is 9.92. The molecule has 0 spiro atoms. The zero-order chi connectivity index (χ0) is 28.0. The number of halogens is 3. The van der Waals surface area contributed by atoms with Crippen LogP contribution in [0.25, 0.3) is 0 Å². The minimum atomic E-state index is -5.14. The molecule has 3 rings (SSSR count). The summed E-state index contributed by atoms with van der Waals surface area (Å²) in [5.74, 6) is -2.93. The van der Waals surface area contributed by atoms with Crippen molar-refractivity contribution in [3.63, 3.8) is 0 Å². The van der Waals surface area contributed by atoms with Crippen LogP contribution in [0.3, 0.4) is 0 Å². The SMILES string of the molecule is CCN(C(=O)C(F)(F)F)c1c(CC=C(C)CCC(=O)OCCN2CCNC2)c(OC)c(C)c2c1C(=O)OC2. The number of cyclic esters (lactones) is 1. The third kappa shape index (κ3) is 6.65. The van der Waals surface area contributed by atoms with Crippen molar-refractivity contribution in [2.45, 2.75) is 52.8 Å². The number of ether oxygens (including phenoxy) is 3. The first kappa shape index (κ1) is 29.4. The van der Waals surface area contributed by atoms with Crippen molar-refractivity contribution in [3.05, 3.63) is 33.9 Å². The van der Waals surface area contributed by atoms with Crippen molar-refractivity contribution in [1.82, 2.24) is 10.2 Å². The topological polar surface area (TPSA) is 97.4 Å². The average molecular weight is 542 g/mol. The molecule has 210 valence electrons. The van der Waals surface area contributed by atoms with Gasteiger partial charge in [-0.15, -0.1) is 0 Å². The van der Waals surface area contributed by atoms with Gasteiger partial charge in [0.05, 0.1) is 18.4 Å². The summed E-state index contributed by atoms with van der Waals surface area (Å²) >= 11 is 0. The third-order valence-corrected chi connectivity index (χ3v) is 6.71. The van der Waals surface area contributed by atoms with E-state index in [-0.39, 0.29) is 54.5 Å². The lowest BCUT2D eigenvalue weighted by Crippen LogP contribution is -2.42. The number of nitrogens with zero attached hydrogens (tertiary/aromatic N) is 2. The summed E-state index contributed by atoms with van der Waals surface area (Å²) in [4.78, 5) is 39.8. The second kappa shape index (κ2) is 12.6. The summed E-state index contributed by atoms with van der Waals surface area (Å²) in [6.07, 6.45) is -2.79. The number of anilines is 1. The van der Waals surface area contributed by atoms with Gasteiger partial charge in [0.2, 0.25) is 0 Å². The molecule has 0 aliphatic carbocycles. The molecule has 0 saturated carbocycles. The molecule has 2 aliphatic heterocycles. The molecule has 2 aliphatic rings. The summed E-state index contributed by atoms with van der Waals surface area (Å²) < 4.78 is 56.4. The molecule has 0 bridgehead atoms. The summed E-state index contributed by atoms with van der Waals surface area (Å²) in [5, 5.41) is 3.20. The Kier molecular flexibility index (Phi) is 9.77. The number of hydrogen-bond donors (Lipinski definition) is 1. The van der Waals surface area contributed by atoms with Crippen LogP contribution in [0.1, 0.15) is 53.7 Å². The van der Waals surface area contributed by atoms with Gasteiger partial charge in [0.25, 0.3) is 0 Å². The van der Waals surface area contributed by atoms with Gasteiger partial charge in [-0.2, -0.15) is 13.2 Å². The molecule has 0 radical (unpaired) electrons. The molecule has 1 aromatic carbocycles. The number of nitrogens with one attached hydrogen (secondary N) is 1. The van der Waals surface area contributed by atoms with E-state index in [4.69, 9.17) is 14.2 Å². The maximum atomic E-state index is 13.5. The Morgan fingerprint density at radius 2 is 2.00 bits per heavy atom. The zero-order valence-electron chi connectivity index (χ0n) is 22.1. The Bertz CT molecular complexity index is 1100. The normalized spacial score (nSPS) is 15.9. The second-order valence-corrected chi connectivity index (χ2v) is 9.21. The summed E-state index contributed by atoms with van der Waals surface area (Å²) in [6, 6.07) is 0. The van der Waals surface area contributed by atoms with Crippen LogP contribution in [0.5, 0.6) is 5.75 Å². The summed E-state index contributed by atoms with van der Waals surface area (Å²) in [6.45, 7) is 8.00. The van der Waals surface area contributed by atoms with Crippen molar-refractivity contribution in [2.75, 3.05) is 51.5 Å². The van der Waals surface area contributed by atoms with Gasteiger partial charge < -0.3 is 24.4 Å². The van der Waals surface area contributed by atoms with E-state index in [1.165, 1.54) is 14.0 Å². The molecule has 1 aromatic rings. The largest absolute Gasteiger partial charge is 0.496 e. The first-order valence-electron chi connectivity index (χ1n) is 12.5. The molecule has 9 nitrogen and oxygen atoms in total. The fourth-order valence-electron chi connectivity index (χ4n) is 4.66. The minimum absolute atomic E-state index is 0.0550. The third-order valence-electron chi connectivity index (χ3n) is 6.71. The van der Waals surface area contributed by atoms with Crippen LogP contribution in [0.4, 0.5) is 18.9 Å². The van der Waals surface area contributed by atoms with Gasteiger partial charge in [-0.1, -0.05) is 11.6 Å². The molecule has 0 atom stereocenters. The number of rotatable bonds is 11. The van der Waals surface area contributed by atoms with Crippen LogP contribution >= 0.6 is 0 Å². The van der Waals surface area contributed by atoms with Crippen LogP contribution in [0, 0.1) is 6.92 Å². The van der Waals surface area contributed by atoms with Gasteiger partial charge in [-0.3, -0.25) is 14.5 Å². The Morgan fingerprint density at radius 3 is 2.61 bits per heavy atom. The van der Waals surface area contributed by atoms with Gasteiger partial charge in [0.15, 0.2) is 0 Å². The number of methoxy groups -OCH3 is 1. The van der Waals surface area contributed by atoms with Crippen LogP contribution in [-0.2, 0) is 32.1 Å².